The van der Waals surface area contributed by atoms with Gasteiger partial charge in [-0.05, 0) is 49.7 Å². The van der Waals surface area contributed by atoms with Crippen LogP contribution in [0.25, 0.3) is 11.0 Å². The Hall–Kier alpha value is -3.55. The Morgan fingerprint density at radius 1 is 1.11 bits per heavy atom. The Balaban J connectivity index is 1.71. The number of hydrogen-bond donors (Lipinski definition) is 2. The van der Waals surface area contributed by atoms with Gasteiger partial charge in [0, 0.05) is 12.1 Å². The number of carbonyl (C=O) groups is 2. The number of aromatic nitrogens is 2. The fourth-order valence-electron chi connectivity index (χ4n) is 2.86. The molecule has 1 aromatic heterocycles. The van der Waals surface area contributed by atoms with Crippen molar-refractivity contribution >= 4 is 22.8 Å². The zero-order chi connectivity index (χ0) is 20.3. The van der Waals surface area contributed by atoms with Gasteiger partial charge in [-0.15, -0.1) is 0 Å². The summed E-state index contributed by atoms with van der Waals surface area (Å²) in [6, 6.07) is 10.3. The zero-order valence-corrected chi connectivity index (χ0v) is 15.5. The van der Waals surface area contributed by atoms with Crippen LogP contribution in [0.3, 0.4) is 0 Å². The van der Waals surface area contributed by atoms with E-state index >= 15 is 0 Å². The molecular formula is C20H19FN4O3. The van der Waals surface area contributed by atoms with E-state index in [0.29, 0.717) is 34.4 Å². The molecule has 0 aliphatic rings. The average Bonchev–Trinajstić information content (AvgIpc) is 2.68. The minimum Gasteiger partial charge on any atom is -0.305 e. The van der Waals surface area contributed by atoms with Crippen molar-refractivity contribution < 1.29 is 14.0 Å². The molecule has 144 valence electrons. The van der Waals surface area contributed by atoms with Gasteiger partial charge in [0.2, 0.25) is 5.91 Å². The minimum atomic E-state index is -0.511. The summed E-state index contributed by atoms with van der Waals surface area (Å²) in [5, 5.41) is 0. The second-order valence-corrected chi connectivity index (χ2v) is 6.26. The summed E-state index contributed by atoms with van der Waals surface area (Å²) in [5.41, 5.74) is 6.92. The van der Waals surface area contributed by atoms with Gasteiger partial charge in [0.15, 0.2) is 0 Å². The Labute approximate surface area is 160 Å². The first-order chi connectivity index (χ1) is 13.4. The molecule has 2 N–H and O–H groups in total. The molecule has 0 unspecified atom stereocenters. The van der Waals surface area contributed by atoms with Crippen LogP contribution in [0.1, 0.15) is 28.5 Å². The maximum Gasteiger partial charge on any atom is 0.272 e. The number of halogens is 1. The Morgan fingerprint density at radius 2 is 1.82 bits per heavy atom. The molecule has 0 spiro atoms. The van der Waals surface area contributed by atoms with Crippen molar-refractivity contribution in [1.29, 1.82) is 0 Å². The number of nitrogens with zero attached hydrogens (tertiary/aromatic N) is 2. The van der Waals surface area contributed by atoms with Crippen molar-refractivity contribution in [2.75, 3.05) is 0 Å². The first kappa shape index (κ1) is 19.2. The van der Waals surface area contributed by atoms with E-state index in [1.165, 1.54) is 24.3 Å². The number of nitrogens with one attached hydrogen (secondary N) is 2. The molecule has 0 aliphatic carbocycles. The molecular weight excluding hydrogens is 363 g/mol. The summed E-state index contributed by atoms with van der Waals surface area (Å²) in [6.07, 6.45) is 0.00179. The summed E-state index contributed by atoms with van der Waals surface area (Å²) < 4.78 is 14.5. The molecule has 0 bridgehead atoms. The van der Waals surface area contributed by atoms with Crippen LogP contribution >= 0.6 is 0 Å². The van der Waals surface area contributed by atoms with Crippen LogP contribution in [0.2, 0.25) is 0 Å². The highest BCUT2D eigenvalue weighted by Gasteiger charge is 2.12. The summed E-state index contributed by atoms with van der Waals surface area (Å²) in [5.74, 6) is -1.33. The molecule has 0 saturated heterocycles. The van der Waals surface area contributed by atoms with Crippen LogP contribution in [-0.2, 0) is 17.8 Å². The second kappa shape index (κ2) is 7.99. The van der Waals surface area contributed by atoms with Gasteiger partial charge in [-0.25, -0.2) is 9.37 Å². The number of hydrazine groups is 1. The third-order valence-corrected chi connectivity index (χ3v) is 4.28. The van der Waals surface area contributed by atoms with E-state index in [2.05, 4.69) is 15.8 Å². The lowest BCUT2D eigenvalue weighted by Crippen LogP contribution is -2.42. The molecule has 3 rings (SSSR count). The summed E-state index contributed by atoms with van der Waals surface area (Å²) >= 11 is 0. The number of benzene rings is 2. The number of fused-ring (bicyclic) bond motifs is 1. The van der Waals surface area contributed by atoms with Crippen molar-refractivity contribution in [1.82, 2.24) is 20.4 Å². The Bertz CT molecular complexity index is 1110. The molecule has 28 heavy (non-hydrogen) atoms. The fourth-order valence-corrected chi connectivity index (χ4v) is 2.86. The number of hydrogen-bond acceptors (Lipinski definition) is 4. The molecule has 1 heterocycles. The molecule has 2 amide bonds. The number of carbonyl (C=O) groups excluding carboxylic acids is 2. The third-order valence-electron chi connectivity index (χ3n) is 4.28. The smallest absolute Gasteiger partial charge is 0.272 e. The van der Waals surface area contributed by atoms with E-state index in [1.807, 2.05) is 6.92 Å². The largest absolute Gasteiger partial charge is 0.305 e. The van der Waals surface area contributed by atoms with Crippen LogP contribution in [0, 0.1) is 12.7 Å². The van der Waals surface area contributed by atoms with Crippen molar-refractivity contribution in [3.63, 3.8) is 0 Å². The quantitative estimate of drug-likeness (QED) is 0.674. The molecule has 2 aromatic carbocycles. The first-order valence-corrected chi connectivity index (χ1v) is 8.74. The average molecular weight is 382 g/mol. The molecule has 0 fully saturated rings. The van der Waals surface area contributed by atoms with E-state index in [9.17, 15) is 18.8 Å². The second-order valence-electron chi connectivity index (χ2n) is 6.26. The summed E-state index contributed by atoms with van der Waals surface area (Å²) in [4.78, 5) is 40.7. The highest BCUT2D eigenvalue weighted by Crippen LogP contribution is 2.13. The lowest BCUT2D eigenvalue weighted by Gasteiger charge is -2.11. The van der Waals surface area contributed by atoms with Gasteiger partial charge in [-0.3, -0.25) is 25.2 Å². The van der Waals surface area contributed by atoms with Crippen molar-refractivity contribution in [2.45, 2.75) is 26.8 Å². The highest BCUT2D eigenvalue weighted by molar-refractivity contribution is 5.98. The predicted octanol–water partition coefficient (Wildman–Crippen LogP) is 1.87. The van der Waals surface area contributed by atoms with Gasteiger partial charge in [-0.1, -0.05) is 12.1 Å². The van der Waals surface area contributed by atoms with Crippen LogP contribution < -0.4 is 16.4 Å². The SMILES string of the molecule is CCn1c(=O)c(C)nc2cc(C(=O)NNC(=O)Cc3ccc(F)cc3)ccc21. The number of amides is 2. The van der Waals surface area contributed by atoms with E-state index in [0.717, 1.165) is 0 Å². The first-order valence-electron chi connectivity index (χ1n) is 8.74. The summed E-state index contributed by atoms with van der Waals surface area (Å²) in [6.45, 7) is 3.97. The van der Waals surface area contributed by atoms with Gasteiger partial charge in [-0.2, -0.15) is 0 Å². The van der Waals surface area contributed by atoms with E-state index in [4.69, 9.17) is 0 Å². The molecule has 0 atom stereocenters. The van der Waals surface area contributed by atoms with Crippen molar-refractivity contribution in [3.05, 3.63) is 75.5 Å². The van der Waals surface area contributed by atoms with Gasteiger partial charge >= 0.3 is 0 Å². The number of aryl methyl sites for hydroxylation is 2. The van der Waals surface area contributed by atoms with Crippen LogP contribution in [-0.4, -0.2) is 21.4 Å². The fraction of sp³-hybridized carbons (Fsp3) is 0.200. The molecule has 3 aromatic rings. The van der Waals surface area contributed by atoms with Gasteiger partial charge in [0.05, 0.1) is 17.5 Å². The predicted molar refractivity (Wildman–Crippen MR) is 102 cm³/mol. The van der Waals surface area contributed by atoms with E-state index < -0.39 is 11.8 Å². The monoisotopic (exact) mass is 382 g/mol. The molecule has 7 nitrogen and oxygen atoms in total. The molecule has 0 radical (unpaired) electrons. The third kappa shape index (κ3) is 4.06. The lowest BCUT2D eigenvalue weighted by molar-refractivity contribution is -0.121. The maximum atomic E-state index is 12.9. The molecule has 0 aliphatic heterocycles. The summed E-state index contributed by atoms with van der Waals surface area (Å²) in [7, 11) is 0. The molecule has 0 saturated carbocycles. The van der Waals surface area contributed by atoms with Crippen LogP contribution in [0.15, 0.2) is 47.3 Å². The van der Waals surface area contributed by atoms with E-state index in [-0.39, 0.29) is 17.8 Å². The van der Waals surface area contributed by atoms with Crippen molar-refractivity contribution in [2.24, 2.45) is 0 Å². The highest BCUT2D eigenvalue weighted by atomic mass is 19.1. The van der Waals surface area contributed by atoms with Crippen molar-refractivity contribution in [3.8, 4) is 0 Å². The standard InChI is InChI=1S/C20H19FN4O3/c1-3-25-17-9-6-14(11-16(17)22-12(2)20(25)28)19(27)24-23-18(26)10-13-4-7-15(21)8-5-13/h4-9,11H,3,10H2,1-2H3,(H,23,26)(H,24,27). The van der Waals surface area contributed by atoms with E-state index in [1.54, 1.807) is 29.7 Å². The molecule has 8 heteroatoms. The Morgan fingerprint density at radius 3 is 2.50 bits per heavy atom. The maximum absolute atomic E-state index is 12.9. The lowest BCUT2D eigenvalue weighted by atomic mass is 10.1. The Kier molecular flexibility index (Phi) is 5.49. The normalized spacial score (nSPS) is 10.7. The van der Waals surface area contributed by atoms with Crippen LogP contribution in [0.4, 0.5) is 4.39 Å². The minimum absolute atomic E-state index is 0.00179. The van der Waals surface area contributed by atoms with Gasteiger partial charge in [0.1, 0.15) is 11.5 Å². The van der Waals surface area contributed by atoms with Crippen LogP contribution in [0.5, 0.6) is 0 Å². The topological polar surface area (TPSA) is 93.1 Å². The zero-order valence-electron chi connectivity index (χ0n) is 15.5. The van der Waals surface area contributed by atoms with Gasteiger partial charge < -0.3 is 4.57 Å². The van der Waals surface area contributed by atoms with Gasteiger partial charge in [0.25, 0.3) is 11.5 Å². The number of rotatable bonds is 4.